The summed E-state index contributed by atoms with van der Waals surface area (Å²) in [5.41, 5.74) is -0.151. The predicted molar refractivity (Wildman–Crippen MR) is 174 cm³/mol. The Morgan fingerprint density at radius 3 is 1.49 bits per heavy atom. The highest BCUT2D eigenvalue weighted by molar-refractivity contribution is 6.42. The van der Waals surface area contributed by atoms with E-state index in [1.807, 2.05) is 0 Å². The largest absolute Gasteiger partial charge is 0.317 e. The first kappa shape index (κ1) is 36.2. The van der Waals surface area contributed by atoms with Crippen LogP contribution in [0.4, 0.5) is 8.78 Å². The Bertz CT molecular complexity index is 1230. The second-order valence-electron chi connectivity index (χ2n) is 12.3. The molecule has 43 heavy (non-hydrogen) atoms. The number of halogens is 6. The molecule has 2 aromatic carbocycles. The Kier molecular flexibility index (Phi) is 13.7. The third kappa shape index (κ3) is 9.14. The van der Waals surface area contributed by atoms with E-state index in [9.17, 15) is 18.4 Å². The molecule has 2 saturated heterocycles. The van der Waals surface area contributed by atoms with Gasteiger partial charge in [-0.1, -0.05) is 86.4 Å². The zero-order valence-corrected chi connectivity index (χ0v) is 28.2. The van der Waals surface area contributed by atoms with Crippen molar-refractivity contribution in [3.8, 4) is 0 Å². The first-order valence-electron chi connectivity index (χ1n) is 15.2. The minimum absolute atomic E-state index is 0.00471. The average molecular weight is 679 g/mol. The predicted octanol–water partition coefficient (Wildman–Crippen LogP) is 10.00. The lowest BCUT2D eigenvalue weighted by atomic mass is 9.69. The van der Waals surface area contributed by atoms with Crippen molar-refractivity contribution >= 4 is 58.0 Å². The zero-order valence-electron chi connectivity index (χ0n) is 25.2. The van der Waals surface area contributed by atoms with Crippen molar-refractivity contribution in [3.05, 3.63) is 67.1 Å². The van der Waals surface area contributed by atoms with Gasteiger partial charge in [0.05, 0.1) is 20.1 Å². The first-order valence-corrected chi connectivity index (χ1v) is 16.7. The lowest BCUT2D eigenvalue weighted by molar-refractivity contribution is 0.0690. The van der Waals surface area contributed by atoms with Gasteiger partial charge in [-0.3, -0.25) is 9.59 Å². The number of ketones is 2. The van der Waals surface area contributed by atoms with E-state index in [0.717, 1.165) is 84.0 Å². The van der Waals surface area contributed by atoms with Crippen molar-refractivity contribution in [3.63, 3.8) is 0 Å². The minimum Gasteiger partial charge on any atom is -0.317 e. The van der Waals surface area contributed by atoms with Gasteiger partial charge >= 0.3 is 0 Å². The summed E-state index contributed by atoms with van der Waals surface area (Å²) in [4.78, 5) is 26.0. The number of hydrogen-bond acceptors (Lipinski definition) is 4. The molecule has 10 heteroatoms. The summed E-state index contributed by atoms with van der Waals surface area (Å²) in [7, 11) is 0. The Labute approximate surface area is 274 Å². The van der Waals surface area contributed by atoms with Crippen LogP contribution in [0.15, 0.2) is 24.3 Å². The van der Waals surface area contributed by atoms with Crippen LogP contribution in [0.3, 0.4) is 0 Å². The summed E-state index contributed by atoms with van der Waals surface area (Å²) < 4.78 is 27.6. The molecule has 0 radical (unpaired) electrons. The normalized spacial score (nSPS) is 17.7. The maximum absolute atomic E-state index is 13.8. The summed E-state index contributed by atoms with van der Waals surface area (Å²) in [6.07, 6.45) is 7.81. The standard InChI is InChI=1S/C17H22Cl2FNO.C16H20Cl2FNO/c1-11(2)3-4-17(5-7-21-8-6-17)16(22)12-9-13(18)15(19)14(20)10-12;1-2-3-4-16(5-7-20-8-6-16)15(21)11-9-12(17)14(18)13(19)10-11/h9-11,21H,3-8H2,1-2H3;9-10,20H,2-8H2,1H3. The van der Waals surface area contributed by atoms with Crippen molar-refractivity contribution in [1.29, 1.82) is 0 Å². The van der Waals surface area contributed by atoms with E-state index in [1.165, 1.54) is 24.3 Å². The molecule has 2 aliphatic heterocycles. The second kappa shape index (κ2) is 16.3. The summed E-state index contributed by atoms with van der Waals surface area (Å²) in [5.74, 6) is -0.746. The molecule has 2 N–H and O–H groups in total. The van der Waals surface area contributed by atoms with E-state index in [1.54, 1.807) is 0 Å². The van der Waals surface area contributed by atoms with Crippen molar-refractivity contribution < 1.29 is 18.4 Å². The number of carbonyl (C=O) groups excluding carboxylic acids is 2. The van der Waals surface area contributed by atoms with Gasteiger partial charge in [0.25, 0.3) is 0 Å². The Balaban J connectivity index is 0.000000236. The Morgan fingerprint density at radius 2 is 1.14 bits per heavy atom. The Morgan fingerprint density at radius 1 is 0.744 bits per heavy atom. The van der Waals surface area contributed by atoms with E-state index in [4.69, 9.17) is 46.4 Å². The van der Waals surface area contributed by atoms with Crippen LogP contribution >= 0.6 is 46.4 Å². The monoisotopic (exact) mass is 676 g/mol. The summed E-state index contributed by atoms with van der Waals surface area (Å²) in [6, 6.07) is 5.42. The van der Waals surface area contributed by atoms with Gasteiger partial charge in [-0.2, -0.15) is 0 Å². The first-order chi connectivity index (χ1) is 20.4. The van der Waals surface area contributed by atoms with Gasteiger partial charge in [0, 0.05) is 22.0 Å². The number of unbranched alkanes of at least 4 members (excludes halogenated alkanes) is 1. The summed E-state index contributed by atoms with van der Waals surface area (Å²) in [6.45, 7) is 9.67. The van der Waals surface area contributed by atoms with Crippen molar-refractivity contribution in [2.24, 2.45) is 16.7 Å². The lowest BCUT2D eigenvalue weighted by Gasteiger charge is -2.37. The molecule has 4 rings (SSSR count). The molecule has 0 bridgehead atoms. The second-order valence-corrected chi connectivity index (χ2v) is 13.8. The average Bonchev–Trinajstić information content (AvgIpc) is 3.00. The van der Waals surface area contributed by atoms with E-state index in [2.05, 4.69) is 31.4 Å². The summed E-state index contributed by atoms with van der Waals surface area (Å²) in [5, 5.41) is 6.52. The van der Waals surface area contributed by atoms with Gasteiger partial charge in [0.15, 0.2) is 11.6 Å². The molecule has 0 aromatic heterocycles. The maximum atomic E-state index is 13.8. The van der Waals surface area contributed by atoms with E-state index >= 15 is 0 Å². The molecule has 0 unspecified atom stereocenters. The summed E-state index contributed by atoms with van der Waals surface area (Å²) >= 11 is 23.3. The number of benzene rings is 2. The molecular formula is C33H42Cl4F2N2O2. The molecule has 0 atom stereocenters. The molecule has 238 valence electrons. The van der Waals surface area contributed by atoms with Gasteiger partial charge in [0.2, 0.25) is 0 Å². The number of Topliss-reactive ketones (excluding diaryl/α,β-unsaturated/α-hetero) is 2. The fourth-order valence-corrected chi connectivity index (χ4v) is 6.69. The fourth-order valence-electron chi connectivity index (χ4n) is 6.06. The highest BCUT2D eigenvalue weighted by Gasteiger charge is 2.41. The van der Waals surface area contributed by atoms with Gasteiger partial charge in [-0.05, 0) is 94.9 Å². The molecule has 0 amide bonds. The van der Waals surface area contributed by atoms with Crippen LogP contribution in [0.1, 0.15) is 99.3 Å². The van der Waals surface area contributed by atoms with E-state index in [0.29, 0.717) is 17.0 Å². The highest BCUT2D eigenvalue weighted by Crippen LogP contribution is 2.41. The molecule has 2 aromatic rings. The number of carbonyl (C=O) groups is 2. The molecule has 4 nitrogen and oxygen atoms in total. The van der Waals surface area contributed by atoms with E-state index < -0.39 is 22.5 Å². The third-order valence-electron chi connectivity index (χ3n) is 8.79. The molecule has 0 aliphatic carbocycles. The maximum Gasteiger partial charge on any atom is 0.169 e. The SMILES string of the molecule is CC(C)CCC1(C(=O)c2cc(F)c(Cl)c(Cl)c2)CCNCC1.CCCCC1(C(=O)c2cc(F)c(Cl)c(Cl)c2)CCNCC1. The molecule has 0 spiro atoms. The molecule has 2 heterocycles. The number of rotatable bonds is 10. The molecular weight excluding hydrogens is 636 g/mol. The van der Waals surface area contributed by atoms with Crippen LogP contribution in [0.2, 0.25) is 20.1 Å². The molecule has 2 fully saturated rings. The van der Waals surface area contributed by atoms with Crippen LogP contribution in [0.5, 0.6) is 0 Å². The van der Waals surface area contributed by atoms with Crippen molar-refractivity contribution in [1.82, 2.24) is 10.6 Å². The minimum atomic E-state index is -0.634. The zero-order chi connectivity index (χ0) is 31.8. The van der Waals surface area contributed by atoms with E-state index in [-0.39, 0.29) is 31.7 Å². The molecule has 0 saturated carbocycles. The Hall–Kier alpha value is -1.28. The van der Waals surface area contributed by atoms with Gasteiger partial charge in [-0.25, -0.2) is 8.78 Å². The van der Waals surface area contributed by atoms with Crippen LogP contribution in [0, 0.1) is 28.4 Å². The smallest absolute Gasteiger partial charge is 0.169 e. The quantitative estimate of drug-likeness (QED) is 0.194. The number of piperidine rings is 2. The number of hydrogen-bond donors (Lipinski definition) is 2. The van der Waals surface area contributed by atoms with Crippen molar-refractivity contribution in [2.45, 2.75) is 78.6 Å². The van der Waals surface area contributed by atoms with Crippen LogP contribution < -0.4 is 10.6 Å². The van der Waals surface area contributed by atoms with Gasteiger partial charge < -0.3 is 10.6 Å². The highest BCUT2D eigenvalue weighted by atomic mass is 35.5. The lowest BCUT2D eigenvalue weighted by Crippen LogP contribution is -2.42. The van der Waals surface area contributed by atoms with Gasteiger partial charge in [-0.15, -0.1) is 0 Å². The van der Waals surface area contributed by atoms with Gasteiger partial charge in [0.1, 0.15) is 11.6 Å². The third-order valence-corrected chi connectivity index (χ3v) is 10.3. The molecule has 2 aliphatic rings. The topological polar surface area (TPSA) is 58.2 Å². The fraction of sp³-hybridized carbons (Fsp3) is 0.576. The van der Waals surface area contributed by atoms with Crippen LogP contribution in [-0.4, -0.2) is 37.7 Å². The number of nitrogens with one attached hydrogen (secondary N) is 2. The van der Waals surface area contributed by atoms with Crippen LogP contribution in [0.25, 0.3) is 0 Å². The van der Waals surface area contributed by atoms with Crippen molar-refractivity contribution in [2.75, 3.05) is 26.2 Å². The van der Waals surface area contributed by atoms with Crippen LogP contribution in [-0.2, 0) is 0 Å².